The van der Waals surface area contributed by atoms with E-state index in [0.717, 1.165) is 25.7 Å². The molecular formula is C9H19NO2S. The van der Waals surface area contributed by atoms with E-state index in [0.29, 0.717) is 5.92 Å². The first kappa shape index (κ1) is 11.0. The summed E-state index contributed by atoms with van der Waals surface area (Å²) in [6, 6.07) is 0. The van der Waals surface area contributed by atoms with Crippen molar-refractivity contribution >= 4 is 10.0 Å². The summed E-state index contributed by atoms with van der Waals surface area (Å²) in [7, 11) is -3.31. The molecule has 0 aromatic rings. The highest BCUT2D eigenvalue weighted by Gasteiger charge is 2.31. The summed E-state index contributed by atoms with van der Waals surface area (Å²) in [6.45, 7) is 2.01. The van der Waals surface area contributed by atoms with Gasteiger partial charge in [-0.25, -0.2) is 13.6 Å². The summed E-state index contributed by atoms with van der Waals surface area (Å²) < 4.78 is 22.6. The number of hydrogen-bond acceptors (Lipinski definition) is 2. The van der Waals surface area contributed by atoms with E-state index < -0.39 is 10.0 Å². The third kappa shape index (κ3) is 2.95. The van der Waals surface area contributed by atoms with Crippen molar-refractivity contribution in [2.45, 2.75) is 50.7 Å². The molecular weight excluding hydrogens is 186 g/mol. The minimum Gasteiger partial charge on any atom is -0.228 e. The highest BCUT2D eigenvalue weighted by Crippen LogP contribution is 2.32. The lowest BCUT2D eigenvalue weighted by Gasteiger charge is -2.20. The van der Waals surface area contributed by atoms with Crippen molar-refractivity contribution in [3.8, 4) is 0 Å². The lowest BCUT2D eigenvalue weighted by atomic mass is 10.0. The predicted molar refractivity (Wildman–Crippen MR) is 53.8 cm³/mol. The molecule has 0 heterocycles. The summed E-state index contributed by atoms with van der Waals surface area (Å²) >= 11 is 0. The summed E-state index contributed by atoms with van der Waals surface area (Å²) in [5.41, 5.74) is 0. The van der Waals surface area contributed by atoms with E-state index in [9.17, 15) is 8.42 Å². The molecule has 78 valence electrons. The van der Waals surface area contributed by atoms with Gasteiger partial charge < -0.3 is 0 Å². The molecule has 0 radical (unpaired) electrons. The second-order valence-corrected chi connectivity index (χ2v) is 5.74. The Hall–Kier alpha value is -0.0900. The largest absolute Gasteiger partial charge is 0.228 e. The Balaban J connectivity index is 2.66. The Labute approximate surface area is 80.8 Å². The van der Waals surface area contributed by atoms with Crippen LogP contribution in [0.4, 0.5) is 0 Å². The maximum absolute atomic E-state index is 11.3. The van der Waals surface area contributed by atoms with E-state index in [1.165, 1.54) is 12.8 Å². The zero-order chi connectivity index (χ0) is 9.90. The van der Waals surface area contributed by atoms with Gasteiger partial charge in [0.1, 0.15) is 0 Å². The fourth-order valence-corrected chi connectivity index (χ4v) is 3.65. The van der Waals surface area contributed by atoms with Crippen LogP contribution in [0.1, 0.15) is 45.4 Å². The van der Waals surface area contributed by atoms with Crippen molar-refractivity contribution in [1.82, 2.24) is 0 Å². The second kappa shape index (κ2) is 4.42. The maximum atomic E-state index is 11.3. The highest BCUT2D eigenvalue weighted by atomic mass is 32.2. The first-order valence-electron chi connectivity index (χ1n) is 5.07. The minimum absolute atomic E-state index is 0.278. The van der Waals surface area contributed by atoms with E-state index >= 15 is 0 Å². The fraction of sp³-hybridized carbons (Fsp3) is 1.00. The molecule has 1 aliphatic carbocycles. The zero-order valence-electron chi connectivity index (χ0n) is 8.20. The van der Waals surface area contributed by atoms with E-state index in [2.05, 4.69) is 0 Å². The van der Waals surface area contributed by atoms with Gasteiger partial charge in [0.25, 0.3) is 0 Å². The van der Waals surface area contributed by atoms with Crippen LogP contribution >= 0.6 is 0 Å². The molecule has 1 aliphatic rings. The van der Waals surface area contributed by atoms with E-state index in [1.54, 1.807) is 0 Å². The molecule has 1 saturated carbocycles. The Morgan fingerprint density at radius 2 is 1.92 bits per heavy atom. The van der Waals surface area contributed by atoms with Crippen LogP contribution in [-0.4, -0.2) is 13.7 Å². The molecule has 0 aliphatic heterocycles. The first-order valence-corrected chi connectivity index (χ1v) is 6.68. The SMILES string of the molecule is CCCC(C1CCCC1)S(N)(=O)=O. The van der Waals surface area contributed by atoms with Gasteiger partial charge in [0.2, 0.25) is 10.0 Å². The maximum Gasteiger partial charge on any atom is 0.212 e. The third-order valence-corrected chi connectivity index (χ3v) is 4.39. The Morgan fingerprint density at radius 1 is 1.38 bits per heavy atom. The Kier molecular flexibility index (Phi) is 3.74. The lowest BCUT2D eigenvalue weighted by Crippen LogP contribution is -2.34. The van der Waals surface area contributed by atoms with Gasteiger partial charge in [-0.2, -0.15) is 0 Å². The summed E-state index contributed by atoms with van der Waals surface area (Å²) in [6.07, 6.45) is 6.05. The van der Waals surface area contributed by atoms with Crippen LogP contribution in [0.15, 0.2) is 0 Å². The molecule has 0 saturated heterocycles. The van der Waals surface area contributed by atoms with Crippen molar-refractivity contribution in [2.24, 2.45) is 11.1 Å². The number of hydrogen-bond donors (Lipinski definition) is 1. The quantitative estimate of drug-likeness (QED) is 0.758. The van der Waals surface area contributed by atoms with Gasteiger partial charge in [-0.15, -0.1) is 0 Å². The third-order valence-electron chi connectivity index (χ3n) is 2.92. The molecule has 13 heavy (non-hydrogen) atoms. The van der Waals surface area contributed by atoms with Gasteiger partial charge in [0.05, 0.1) is 5.25 Å². The molecule has 0 spiro atoms. The van der Waals surface area contributed by atoms with E-state index in [1.807, 2.05) is 6.92 Å². The first-order chi connectivity index (χ1) is 6.05. The van der Waals surface area contributed by atoms with Crippen LogP contribution in [0, 0.1) is 5.92 Å². The Bertz CT molecular complexity index is 242. The molecule has 1 unspecified atom stereocenters. The zero-order valence-corrected chi connectivity index (χ0v) is 9.02. The molecule has 2 N–H and O–H groups in total. The molecule has 0 aromatic heterocycles. The van der Waals surface area contributed by atoms with E-state index in [-0.39, 0.29) is 5.25 Å². The molecule has 0 amide bonds. The molecule has 1 fully saturated rings. The van der Waals surface area contributed by atoms with Crippen LogP contribution in [0.3, 0.4) is 0 Å². The van der Waals surface area contributed by atoms with Crippen LogP contribution in [0.2, 0.25) is 0 Å². The van der Waals surface area contributed by atoms with Crippen molar-refractivity contribution < 1.29 is 8.42 Å². The molecule has 1 rings (SSSR count). The lowest BCUT2D eigenvalue weighted by molar-refractivity contribution is 0.462. The molecule has 4 heteroatoms. The number of rotatable bonds is 4. The number of primary sulfonamides is 1. The monoisotopic (exact) mass is 205 g/mol. The minimum atomic E-state index is -3.31. The average Bonchev–Trinajstić information content (AvgIpc) is 2.49. The molecule has 1 atom stereocenters. The van der Waals surface area contributed by atoms with Crippen molar-refractivity contribution in [3.05, 3.63) is 0 Å². The predicted octanol–water partition coefficient (Wildman–Crippen LogP) is 1.63. The van der Waals surface area contributed by atoms with Gasteiger partial charge in [-0.05, 0) is 25.2 Å². The second-order valence-electron chi connectivity index (χ2n) is 3.96. The van der Waals surface area contributed by atoms with Gasteiger partial charge in [-0.3, -0.25) is 0 Å². The number of sulfonamides is 1. The van der Waals surface area contributed by atoms with Gasteiger partial charge in [-0.1, -0.05) is 26.2 Å². The van der Waals surface area contributed by atoms with Crippen molar-refractivity contribution in [2.75, 3.05) is 0 Å². The summed E-state index contributed by atoms with van der Waals surface area (Å²) in [5, 5.41) is 4.94. The normalized spacial score (nSPS) is 22.0. The molecule has 0 bridgehead atoms. The van der Waals surface area contributed by atoms with Crippen molar-refractivity contribution in [1.29, 1.82) is 0 Å². The standard InChI is InChI=1S/C9H19NO2S/c1-2-5-9(13(10,11)12)8-6-3-4-7-8/h8-9H,2-7H2,1H3,(H2,10,11,12). The van der Waals surface area contributed by atoms with Crippen LogP contribution in [0.5, 0.6) is 0 Å². The van der Waals surface area contributed by atoms with Gasteiger partial charge in [0, 0.05) is 0 Å². The average molecular weight is 205 g/mol. The van der Waals surface area contributed by atoms with Crippen LogP contribution < -0.4 is 5.14 Å². The smallest absolute Gasteiger partial charge is 0.212 e. The molecule has 0 aromatic carbocycles. The van der Waals surface area contributed by atoms with Gasteiger partial charge in [0.15, 0.2) is 0 Å². The van der Waals surface area contributed by atoms with Crippen LogP contribution in [0.25, 0.3) is 0 Å². The van der Waals surface area contributed by atoms with Crippen molar-refractivity contribution in [3.63, 3.8) is 0 Å². The Morgan fingerprint density at radius 3 is 2.31 bits per heavy atom. The van der Waals surface area contributed by atoms with Crippen LogP contribution in [-0.2, 0) is 10.0 Å². The molecule has 3 nitrogen and oxygen atoms in total. The highest BCUT2D eigenvalue weighted by molar-refractivity contribution is 7.89. The van der Waals surface area contributed by atoms with Gasteiger partial charge >= 0.3 is 0 Å². The summed E-state index contributed by atoms with van der Waals surface area (Å²) in [5.74, 6) is 0.329. The topological polar surface area (TPSA) is 60.2 Å². The number of nitrogens with two attached hydrogens (primary N) is 1. The summed E-state index contributed by atoms with van der Waals surface area (Å²) in [4.78, 5) is 0. The fourth-order valence-electron chi connectivity index (χ4n) is 2.28. The van der Waals surface area contributed by atoms with E-state index in [4.69, 9.17) is 5.14 Å².